The standard InChI is InChI=1S/C10H18N4O/c11-4-1-5-14-8-12-13-10(14)9-2-6-15-7-3-9/h8-9H,1-7,11H2. The smallest absolute Gasteiger partial charge is 0.136 e. The van der Waals surface area contributed by atoms with Gasteiger partial charge in [-0.3, -0.25) is 0 Å². The van der Waals surface area contributed by atoms with Gasteiger partial charge in [0.2, 0.25) is 0 Å². The Labute approximate surface area is 89.6 Å². The third-order valence-corrected chi connectivity index (χ3v) is 2.84. The van der Waals surface area contributed by atoms with Gasteiger partial charge in [-0.25, -0.2) is 0 Å². The molecule has 1 fully saturated rings. The van der Waals surface area contributed by atoms with Gasteiger partial charge in [-0.15, -0.1) is 10.2 Å². The fourth-order valence-corrected chi connectivity index (χ4v) is 1.97. The molecule has 0 radical (unpaired) electrons. The van der Waals surface area contributed by atoms with Gasteiger partial charge in [0, 0.05) is 25.7 Å². The minimum Gasteiger partial charge on any atom is -0.381 e. The molecule has 5 heteroatoms. The first-order valence-corrected chi connectivity index (χ1v) is 5.57. The molecule has 0 aliphatic carbocycles. The van der Waals surface area contributed by atoms with Gasteiger partial charge in [0.15, 0.2) is 0 Å². The first-order chi connectivity index (χ1) is 7.42. The Kier molecular flexibility index (Phi) is 3.69. The molecular weight excluding hydrogens is 192 g/mol. The fourth-order valence-electron chi connectivity index (χ4n) is 1.97. The second-order valence-corrected chi connectivity index (χ2v) is 3.91. The summed E-state index contributed by atoms with van der Waals surface area (Å²) in [5, 5.41) is 8.19. The summed E-state index contributed by atoms with van der Waals surface area (Å²) in [5.74, 6) is 1.62. The summed E-state index contributed by atoms with van der Waals surface area (Å²) in [7, 11) is 0. The second-order valence-electron chi connectivity index (χ2n) is 3.91. The molecule has 0 bridgehead atoms. The summed E-state index contributed by atoms with van der Waals surface area (Å²) in [4.78, 5) is 0. The molecule has 0 aromatic carbocycles. The predicted molar refractivity (Wildman–Crippen MR) is 56.5 cm³/mol. The van der Waals surface area contributed by atoms with Crippen LogP contribution in [0.3, 0.4) is 0 Å². The van der Waals surface area contributed by atoms with E-state index in [0.717, 1.165) is 44.8 Å². The van der Waals surface area contributed by atoms with E-state index in [2.05, 4.69) is 14.8 Å². The Bertz CT molecular complexity index is 293. The van der Waals surface area contributed by atoms with E-state index in [-0.39, 0.29) is 0 Å². The second kappa shape index (κ2) is 5.23. The van der Waals surface area contributed by atoms with Crippen LogP contribution < -0.4 is 5.73 Å². The molecule has 1 aromatic rings. The lowest BCUT2D eigenvalue weighted by atomic mass is 9.99. The van der Waals surface area contributed by atoms with E-state index in [4.69, 9.17) is 10.5 Å². The molecule has 0 atom stereocenters. The number of ether oxygens (including phenoxy) is 1. The van der Waals surface area contributed by atoms with Crippen molar-refractivity contribution in [3.05, 3.63) is 12.2 Å². The Morgan fingerprint density at radius 2 is 2.27 bits per heavy atom. The number of aromatic nitrogens is 3. The molecule has 1 saturated heterocycles. The fraction of sp³-hybridized carbons (Fsp3) is 0.800. The van der Waals surface area contributed by atoms with Gasteiger partial charge >= 0.3 is 0 Å². The third kappa shape index (κ3) is 2.54. The minimum absolute atomic E-state index is 0.513. The molecule has 2 rings (SSSR count). The zero-order valence-corrected chi connectivity index (χ0v) is 8.93. The van der Waals surface area contributed by atoms with Gasteiger partial charge in [0.1, 0.15) is 12.2 Å². The highest BCUT2D eigenvalue weighted by molar-refractivity contribution is 4.97. The molecular formula is C10H18N4O. The van der Waals surface area contributed by atoms with E-state index < -0.39 is 0 Å². The summed E-state index contributed by atoms with van der Waals surface area (Å²) in [5.41, 5.74) is 5.50. The van der Waals surface area contributed by atoms with Crippen molar-refractivity contribution in [2.75, 3.05) is 19.8 Å². The molecule has 1 aliphatic heterocycles. The normalized spacial score (nSPS) is 18.2. The molecule has 0 amide bonds. The van der Waals surface area contributed by atoms with Crippen LogP contribution in [0.5, 0.6) is 0 Å². The van der Waals surface area contributed by atoms with Crippen LogP contribution in [-0.4, -0.2) is 34.5 Å². The van der Waals surface area contributed by atoms with Crippen LogP contribution in [0.2, 0.25) is 0 Å². The molecule has 15 heavy (non-hydrogen) atoms. The van der Waals surface area contributed by atoms with Crippen molar-refractivity contribution >= 4 is 0 Å². The van der Waals surface area contributed by atoms with Crippen LogP contribution in [0.4, 0.5) is 0 Å². The lowest BCUT2D eigenvalue weighted by Crippen LogP contribution is -2.18. The molecule has 84 valence electrons. The van der Waals surface area contributed by atoms with Crippen LogP contribution in [0.25, 0.3) is 0 Å². The van der Waals surface area contributed by atoms with Gasteiger partial charge in [-0.2, -0.15) is 0 Å². The van der Waals surface area contributed by atoms with Crippen molar-refractivity contribution in [1.29, 1.82) is 0 Å². The van der Waals surface area contributed by atoms with E-state index in [1.165, 1.54) is 0 Å². The molecule has 5 nitrogen and oxygen atoms in total. The van der Waals surface area contributed by atoms with Gasteiger partial charge in [-0.1, -0.05) is 0 Å². The van der Waals surface area contributed by atoms with Crippen molar-refractivity contribution in [1.82, 2.24) is 14.8 Å². The lowest BCUT2D eigenvalue weighted by molar-refractivity contribution is 0.0827. The number of hydrogen-bond donors (Lipinski definition) is 1. The number of rotatable bonds is 4. The average Bonchev–Trinajstić information content (AvgIpc) is 2.75. The molecule has 1 aliphatic rings. The zero-order valence-electron chi connectivity index (χ0n) is 8.93. The topological polar surface area (TPSA) is 66.0 Å². The Hall–Kier alpha value is -0.940. The maximum absolute atomic E-state index is 5.50. The Morgan fingerprint density at radius 3 is 3.00 bits per heavy atom. The number of aryl methyl sites for hydroxylation is 1. The van der Waals surface area contributed by atoms with Crippen LogP contribution in [0, 0.1) is 0 Å². The molecule has 2 N–H and O–H groups in total. The minimum atomic E-state index is 0.513. The van der Waals surface area contributed by atoms with Crippen LogP contribution in [0.1, 0.15) is 31.0 Å². The van der Waals surface area contributed by atoms with Gasteiger partial charge in [0.05, 0.1) is 0 Å². The highest BCUT2D eigenvalue weighted by Gasteiger charge is 2.20. The maximum Gasteiger partial charge on any atom is 0.136 e. The van der Waals surface area contributed by atoms with Crippen LogP contribution in [-0.2, 0) is 11.3 Å². The summed E-state index contributed by atoms with van der Waals surface area (Å²) in [6.45, 7) is 3.32. The van der Waals surface area contributed by atoms with Crippen molar-refractivity contribution < 1.29 is 4.74 Å². The van der Waals surface area contributed by atoms with E-state index in [0.29, 0.717) is 12.5 Å². The quantitative estimate of drug-likeness (QED) is 0.787. The molecule has 2 heterocycles. The van der Waals surface area contributed by atoms with Crippen LogP contribution in [0.15, 0.2) is 6.33 Å². The summed E-state index contributed by atoms with van der Waals surface area (Å²) >= 11 is 0. The highest BCUT2D eigenvalue weighted by Crippen LogP contribution is 2.24. The van der Waals surface area contributed by atoms with E-state index in [1.54, 1.807) is 6.33 Å². The number of hydrogen-bond acceptors (Lipinski definition) is 4. The maximum atomic E-state index is 5.50. The average molecular weight is 210 g/mol. The monoisotopic (exact) mass is 210 g/mol. The van der Waals surface area contributed by atoms with Gasteiger partial charge in [0.25, 0.3) is 0 Å². The van der Waals surface area contributed by atoms with E-state index in [1.807, 2.05) is 0 Å². The van der Waals surface area contributed by atoms with Crippen molar-refractivity contribution in [2.24, 2.45) is 5.73 Å². The largest absolute Gasteiger partial charge is 0.381 e. The molecule has 0 spiro atoms. The number of nitrogens with two attached hydrogens (primary N) is 1. The zero-order chi connectivity index (χ0) is 10.5. The van der Waals surface area contributed by atoms with Gasteiger partial charge < -0.3 is 15.0 Å². The molecule has 0 saturated carbocycles. The van der Waals surface area contributed by atoms with Gasteiger partial charge in [-0.05, 0) is 25.8 Å². The first-order valence-electron chi connectivity index (χ1n) is 5.57. The molecule has 1 aromatic heterocycles. The van der Waals surface area contributed by atoms with Crippen molar-refractivity contribution in [2.45, 2.75) is 31.7 Å². The Balaban J connectivity index is 2.02. The van der Waals surface area contributed by atoms with Crippen molar-refractivity contribution in [3.8, 4) is 0 Å². The van der Waals surface area contributed by atoms with Crippen molar-refractivity contribution in [3.63, 3.8) is 0 Å². The van der Waals surface area contributed by atoms with Crippen LogP contribution >= 0.6 is 0 Å². The predicted octanol–water partition coefficient (Wildman–Crippen LogP) is 0.521. The Morgan fingerprint density at radius 1 is 1.47 bits per heavy atom. The summed E-state index contributed by atoms with van der Waals surface area (Å²) < 4.78 is 7.47. The first kappa shape index (κ1) is 10.6. The number of nitrogens with zero attached hydrogens (tertiary/aromatic N) is 3. The van der Waals surface area contributed by atoms with E-state index >= 15 is 0 Å². The lowest BCUT2D eigenvalue weighted by Gasteiger charge is -2.21. The van der Waals surface area contributed by atoms with E-state index in [9.17, 15) is 0 Å². The SMILES string of the molecule is NCCCn1cnnc1C1CCOCC1. The summed E-state index contributed by atoms with van der Waals surface area (Å²) in [6.07, 6.45) is 4.90. The highest BCUT2D eigenvalue weighted by atomic mass is 16.5. The third-order valence-electron chi connectivity index (χ3n) is 2.84. The molecule has 0 unspecified atom stereocenters. The summed E-state index contributed by atoms with van der Waals surface area (Å²) in [6, 6.07) is 0.